The van der Waals surface area contributed by atoms with Crippen LogP contribution in [0.25, 0.3) is 0 Å². The summed E-state index contributed by atoms with van der Waals surface area (Å²) in [5, 5.41) is 9.65. The summed E-state index contributed by atoms with van der Waals surface area (Å²) in [6.45, 7) is 7.91. The van der Waals surface area contributed by atoms with E-state index in [9.17, 15) is 9.90 Å². The summed E-state index contributed by atoms with van der Waals surface area (Å²) < 4.78 is 4.87. The van der Waals surface area contributed by atoms with Gasteiger partial charge in [-0.05, 0) is 18.9 Å². The van der Waals surface area contributed by atoms with Crippen molar-refractivity contribution in [2.75, 3.05) is 46.9 Å². The summed E-state index contributed by atoms with van der Waals surface area (Å²) in [6, 6.07) is 0. The quantitative estimate of drug-likeness (QED) is 0.730. The summed E-state index contributed by atoms with van der Waals surface area (Å²) in [5.41, 5.74) is 0. The van der Waals surface area contributed by atoms with Crippen LogP contribution in [0.3, 0.4) is 0 Å². The standard InChI is InChI=1S/C14H28N2O3/c1-11(2)7-16-6-5-12(8-16)14(18)15(3)9-13(17)10-19-4/h11-13,17H,5-10H2,1-4H3. The molecular weight excluding hydrogens is 244 g/mol. The number of rotatable bonds is 7. The van der Waals surface area contributed by atoms with Crippen molar-refractivity contribution in [2.24, 2.45) is 11.8 Å². The molecule has 1 rings (SSSR count). The molecule has 1 N–H and O–H groups in total. The minimum absolute atomic E-state index is 0.0819. The highest BCUT2D eigenvalue weighted by Gasteiger charge is 2.30. The van der Waals surface area contributed by atoms with Crippen LogP contribution >= 0.6 is 0 Å². The second kappa shape index (κ2) is 7.82. The fourth-order valence-corrected chi connectivity index (χ4v) is 2.68. The van der Waals surface area contributed by atoms with Gasteiger partial charge in [0.05, 0.1) is 18.6 Å². The van der Waals surface area contributed by atoms with Gasteiger partial charge in [-0.2, -0.15) is 0 Å². The van der Waals surface area contributed by atoms with E-state index in [4.69, 9.17) is 4.74 Å². The van der Waals surface area contributed by atoms with Gasteiger partial charge in [0.1, 0.15) is 0 Å². The number of methoxy groups -OCH3 is 1. The predicted octanol–water partition coefficient (Wildman–Crippen LogP) is 0.430. The highest BCUT2D eigenvalue weighted by atomic mass is 16.5. The van der Waals surface area contributed by atoms with E-state index in [1.807, 2.05) is 0 Å². The van der Waals surface area contributed by atoms with Gasteiger partial charge in [-0.15, -0.1) is 0 Å². The molecule has 112 valence electrons. The molecule has 19 heavy (non-hydrogen) atoms. The van der Waals surface area contributed by atoms with Gasteiger partial charge < -0.3 is 19.6 Å². The van der Waals surface area contributed by atoms with Gasteiger partial charge >= 0.3 is 0 Å². The van der Waals surface area contributed by atoms with Gasteiger partial charge in [0.15, 0.2) is 0 Å². The maximum atomic E-state index is 12.3. The van der Waals surface area contributed by atoms with Crippen molar-refractivity contribution in [3.05, 3.63) is 0 Å². The third-order valence-corrected chi connectivity index (χ3v) is 3.46. The number of hydrogen-bond donors (Lipinski definition) is 1. The fourth-order valence-electron chi connectivity index (χ4n) is 2.68. The largest absolute Gasteiger partial charge is 0.389 e. The number of carbonyl (C=O) groups excluding carboxylic acids is 1. The van der Waals surface area contributed by atoms with Crippen LogP contribution in [0.1, 0.15) is 20.3 Å². The van der Waals surface area contributed by atoms with Crippen molar-refractivity contribution < 1.29 is 14.6 Å². The molecule has 1 amide bonds. The zero-order chi connectivity index (χ0) is 14.4. The Bertz CT molecular complexity index is 284. The Kier molecular flexibility index (Phi) is 6.75. The Hall–Kier alpha value is -0.650. The zero-order valence-electron chi connectivity index (χ0n) is 12.6. The van der Waals surface area contributed by atoms with Gasteiger partial charge in [-0.25, -0.2) is 0 Å². The summed E-state index contributed by atoms with van der Waals surface area (Å²) >= 11 is 0. The van der Waals surface area contributed by atoms with Gasteiger partial charge in [-0.1, -0.05) is 13.8 Å². The van der Waals surface area contributed by atoms with E-state index in [0.717, 1.165) is 26.1 Å². The molecule has 1 aliphatic rings. The summed E-state index contributed by atoms with van der Waals surface area (Å²) in [5.74, 6) is 0.856. The molecule has 0 aliphatic carbocycles. The third-order valence-electron chi connectivity index (χ3n) is 3.46. The second-order valence-corrected chi connectivity index (χ2v) is 5.97. The van der Waals surface area contributed by atoms with Gasteiger partial charge in [0.2, 0.25) is 5.91 Å². The van der Waals surface area contributed by atoms with Crippen molar-refractivity contribution in [3.8, 4) is 0 Å². The Morgan fingerprint density at radius 3 is 2.79 bits per heavy atom. The molecule has 0 spiro atoms. The van der Waals surface area contributed by atoms with Crippen molar-refractivity contribution in [1.29, 1.82) is 0 Å². The highest BCUT2D eigenvalue weighted by molar-refractivity contribution is 5.79. The molecule has 0 aromatic carbocycles. The molecule has 0 aromatic heterocycles. The fraction of sp³-hybridized carbons (Fsp3) is 0.929. The Labute approximate surface area is 116 Å². The van der Waals surface area contributed by atoms with E-state index in [-0.39, 0.29) is 18.4 Å². The lowest BCUT2D eigenvalue weighted by Crippen LogP contribution is -2.40. The average molecular weight is 272 g/mol. The molecule has 0 bridgehead atoms. The number of carbonyl (C=O) groups is 1. The van der Waals surface area contributed by atoms with Crippen molar-refractivity contribution in [3.63, 3.8) is 0 Å². The molecule has 0 radical (unpaired) electrons. The second-order valence-electron chi connectivity index (χ2n) is 5.97. The molecular formula is C14H28N2O3. The molecule has 0 saturated carbocycles. The molecule has 2 atom stereocenters. The molecule has 1 saturated heterocycles. The molecule has 1 heterocycles. The average Bonchev–Trinajstić information content (AvgIpc) is 2.75. The number of likely N-dealkylation sites (N-methyl/N-ethyl adjacent to an activating group) is 1. The van der Waals surface area contributed by atoms with Gasteiger partial charge in [0, 0.05) is 33.8 Å². The van der Waals surface area contributed by atoms with Gasteiger partial charge in [0.25, 0.3) is 0 Å². The predicted molar refractivity (Wildman–Crippen MR) is 74.9 cm³/mol. The van der Waals surface area contributed by atoms with Crippen LogP contribution in [0.15, 0.2) is 0 Å². The molecule has 5 heteroatoms. The monoisotopic (exact) mass is 272 g/mol. The van der Waals surface area contributed by atoms with E-state index >= 15 is 0 Å². The van der Waals surface area contributed by atoms with Crippen LogP contribution in [0, 0.1) is 11.8 Å². The lowest BCUT2D eigenvalue weighted by atomic mass is 10.1. The van der Waals surface area contributed by atoms with Crippen molar-refractivity contribution in [1.82, 2.24) is 9.80 Å². The molecule has 1 fully saturated rings. The molecule has 2 unspecified atom stereocenters. The number of aliphatic hydroxyl groups excluding tert-OH is 1. The lowest BCUT2D eigenvalue weighted by Gasteiger charge is -2.24. The first-order chi connectivity index (χ1) is 8.93. The van der Waals surface area contributed by atoms with Crippen LogP contribution < -0.4 is 0 Å². The molecule has 5 nitrogen and oxygen atoms in total. The number of nitrogens with zero attached hydrogens (tertiary/aromatic N) is 2. The zero-order valence-corrected chi connectivity index (χ0v) is 12.6. The number of likely N-dealkylation sites (tertiary alicyclic amines) is 1. The SMILES string of the molecule is COCC(O)CN(C)C(=O)C1CCN(CC(C)C)C1. The first-order valence-corrected chi connectivity index (χ1v) is 7.08. The highest BCUT2D eigenvalue weighted by Crippen LogP contribution is 2.19. The first-order valence-electron chi connectivity index (χ1n) is 7.08. The Balaban J connectivity index is 2.37. The normalized spacial score (nSPS) is 21.9. The minimum atomic E-state index is -0.605. The van der Waals surface area contributed by atoms with E-state index in [1.54, 1.807) is 19.1 Å². The number of amides is 1. The number of ether oxygens (including phenoxy) is 1. The topological polar surface area (TPSA) is 53.0 Å². The van der Waals surface area contributed by atoms with Crippen molar-refractivity contribution in [2.45, 2.75) is 26.4 Å². The van der Waals surface area contributed by atoms with Crippen LogP contribution in [0.5, 0.6) is 0 Å². The maximum absolute atomic E-state index is 12.3. The minimum Gasteiger partial charge on any atom is -0.389 e. The van der Waals surface area contributed by atoms with Crippen molar-refractivity contribution >= 4 is 5.91 Å². The van der Waals surface area contributed by atoms with Crippen LogP contribution in [-0.2, 0) is 9.53 Å². The molecule has 0 aromatic rings. The van der Waals surface area contributed by atoms with Crippen LogP contribution in [0.2, 0.25) is 0 Å². The van der Waals surface area contributed by atoms with Crippen LogP contribution in [-0.4, -0.2) is 73.9 Å². The number of aliphatic hydroxyl groups is 1. The smallest absolute Gasteiger partial charge is 0.226 e. The Morgan fingerprint density at radius 2 is 2.21 bits per heavy atom. The van der Waals surface area contributed by atoms with E-state index < -0.39 is 6.10 Å². The van der Waals surface area contributed by atoms with E-state index in [0.29, 0.717) is 12.5 Å². The molecule has 1 aliphatic heterocycles. The van der Waals surface area contributed by atoms with Gasteiger partial charge in [-0.3, -0.25) is 4.79 Å². The maximum Gasteiger partial charge on any atom is 0.226 e. The van der Waals surface area contributed by atoms with E-state index in [1.165, 1.54) is 0 Å². The third kappa shape index (κ3) is 5.47. The summed E-state index contributed by atoms with van der Waals surface area (Å²) in [6.07, 6.45) is 0.322. The number of hydrogen-bond acceptors (Lipinski definition) is 4. The Morgan fingerprint density at radius 1 is 1.53 bits per heavy atom. The van der Waals surface area contributed by atoms with Crippen LogP contribution in [0.4, 0.5) is 0 Å². The summed E-state index contributed by atoms with van der Waals surface area (Å²) in [4.78, 5) is 16.2. The first kappa shape index (κ1) is 16.4. The van der Waals surface area contributed by atoms with E-state index in [2.05, 4.69) is 18.7 Å². The summed E-state index contributed by atoms with van der Waals surface area (Å²) in [7, 11) is 3.30. The lowest BCUT2D eigenvalue weighted by molar-refractivity contribution is -0.135.